The van der Waals surface area contributed by atoms with Gasteiger partial charge < -0.3 is 20.3 Å². The van der Waals surface area contributed by atoms with Crippen molar-refractivity contribution in [3.63, 3.8) is 0 Å². The SMILES string of the molecule is CCNc1ccc(C#N)cc1.CNCCOc1ccc(S/C=C2\SC(=N)N(Cc3ccccc3)C2=O)c(N(C)C)c1. The molecule has 0 unspecified atom stereocenters. The van der Waals surface area contributed by atoms with Crippen LogP contribution in [0.5, 0.6) is 5.75 Å². The second-order valence-corrected chi connectivity index (χ2v) is 11.0. The number of ether oxygens (including phenoxy) is 1. The second kappa shape index (κ2) is 16.4. The van der Waals surface area contributed by atoms with E-state index in [2.05, 4.69) is 16.7 Å². The number of hydrogen-bond donors (Lipinski definition) is 3. The minimum atomic E-state index is -0.125. The third-order valence-corrected chi connectivity index (χ3v) is 7.84. The van der Waals surface area contributed by atoms with Crippen LogP contribution in [0.3, 0.4) is 0 Å². The van der Waals surface area contributed by atoms with Gasteiger partial charge in [0.15, 0.2) is 5.17 Å². The Morgan fingerprint density at radius 2 is 1.85 bits per heavy atom. The van der Waals surface area contributed by atoms with E-state index in [1.165, 1.54) is 28.4 Å². The van der Waals surface area contributed by atoms with Crippen molar-refractivity contribution in [1.29, 1.82) is 10.7 Å². The van der Waals surface area contributed by atoms with Crippen molar-refractivity contribution in [3.8, 4) is 11.8 Å². The molecule has 1 fully saturated rings. The molecule has 214 valence electrons. The lowest BCUT2D eigenvalue weighted by Gasteiger charge is -2.18. The standard InChI is InChI=1S/C22H26N4O2S2.C9H10N2/c1-24-11-12-28-17-9-10-19(18(13-17)25(2)3)29-15-20-21(27)26(22(23)30-20)14-16-7-5-4-6-8-16;1-2-11-9-5-3-8(7-10)4-6-9/h4-10,13,15,23-24H,11-12,14H2,1-3H3;3-6,11H,2H2,1H3/b20-15-,23-22?;. The van der Waals surface area contributed by atoms with Gasteiger partial charge in [-0.1, -0.05) is 42.1 Å². The summed E-state index contributed by atoms with van der Waals surface area (Å²) in [7, 11) is 5.86. The van der Waals surface area contributed by atoms with E-state index in [9.17, 15) is 4.79 Å². The van der Waals surface area contributed by atoms with Gasteiger partial charge in [-0.2, -0.15) is 5.26 Å². The Bertz CT molecular complexity index is 1370. The molecule has 1 saturated heterocycles. The van der Waals surface area contributed by atoms with Crippen LogP contribution in [-0.4, -0.2) is 56.8 Å². The van der Waals surface area contributed by atoms with Crippen LogP contribution in [0.25, 0.3) is 0 Å². The number of carbonyl (C=O) groups is 1. The Balaban J connectivity index is 0.000000352. The molecular formula is C31H36N6O2S2. The molecule has 4 rings (SSSR count). The van der Waals surface area contributed by atoms with Gasteiger partial charge in [-0.05, 0) is 73.1 Å². The fourth-order valence-electron chi connectivity index (χ4n) is 3.70. The van der Waals surface area contributed by atoms with Crippen molar-refractivity contribution in [3.05, 3.63) is 94.2 Å². The Morgan fingerprint density at radius 1 is 1.12 bits per heavy atom. The van der Waals surface area contributed by atoms with Crippen LogP contribution in [0.1, 0.15) is 18.1 Å². The van der Waals surface area contributed by atoms with Crippen molar-refractivity contribution in [2.45, 2.75) is 18.4 Å². The first-order valence-corrected chi connectivity index (χ1v) is 14.9. The van der Waals surface area contributed by atoms with E-state index >= 15 is 0 Å². The smallest absolute Gasteiger partial charge is 0.267 e. The largest absolute Gasteiger partial charge is 0.492 e. The van der Waals surface area contributed by atoms with Crippen molar-refractivity contribution >= 4 is 46.0 Å². The molecule has 10 heteroatoms. The molecule has 0 aromatic heterocycles. The average molecular weight is 589 g/mol. The van der Waals surface area contributed by atoms with Crippen LogP contribution < -0.4 is 20.3 Å². The van der Waals surface area contributed by atoms with Gasteiger partial charge >= 0.3 is 0 Å². The molecule has 1 heterocycles. The van der Waals surface area contributed by atoms with Crippen molar-refractivity contribution in [1.82, 2.24) is 10.2 Å². The van der Waals surface area contributed by atoms with Crippen LogP contribution in [0.2, 0.25) is 0 Å². The number of hydrogen-bond acceptors (Lipinski definition) is 9. The summed E-state index contributed by atoms with van der Waals surface area (Å²) in [4.78, 5) is 17.9. The molecule has 3 N–H and O–H groups in total. The maximum atomic E-state index is 12.8. The molecule has 1 aliphatic rings. The number of likely N-dealkylation sites (N-methyl/N-ethyl adjacent to an activating group) is 1. The van der Waals surface area contributed by atoms with Crippen molar-refractivity contribution in [2.75, 3.05) is 51.1 Å². The summed E-state index contributed by atoms with van der Waals surface area (Å²) in [5, 5.41) is 25.0. The average Bonchev–Trinajstić information content (AvgIpc) is 3.25. The molecule has 1 amide bonds. The fourth-order valence-corrected chi connectivity index (χ4v) is 5.55. The third-order valence-electron chi connectivity index (χ3n) is 5.81. The number of nitriles is 1. The van der Waals surface area contributed by atoms with Gasteiger partial charge in [0.2, 0.25) is 0 Å². The van der Waals surface area contributed by atoms with E-state index in [1.807, 2.05) is 99.0 Å². The zero-order chi connectivity index (χ0) is 29.6. The molecule has 41 heavy (non-hydrogen) atoms. The van der Waals surface area contributed by atoms with Crippen molar-refractivity contribution in [2.24, 2.45) is 0 Å². The molecule has 3 aromatic rings. The monoisotopic (exact) mass is 588 g/mol. The Hall–Kier alpha value is -3.91. The first-order chi connectivity index (χ1) is 19.9. The predicted octanol–water partition coefficient (Wildman–Crippen LogP) is 5.98. The molecule has 0 atom stereocenters. The van der Waals surface area contributed by atoms with Gasteiger partial charge in [-0.25, -0.2) is 0 Å². The van der Waals surface area contributed by atoms with Crippen LogP contribution in [-0.2, 0) is 11.3 Å². The minimum absolute atomic E-state index is 0.125. The van der Waals surface area contributed by atoms with E-state index in [4.69, 9.17) is 15.4 Å². The Labute approximate surface area is 251 Å². The first kappa shape index (κ1) is 31.6. The van der Waals surface area contributed by atoms with Gasteiger partial charge in [-0.15, -0.1) is 0 Å². The van der Waals surface area contributed by atoms with Gasteiger partial charge in [-0.3, -0.25) is 15.1 Å². The maximum absolute atomic E-state index is 12.8. The van der Waals surface area contributed by atoms with Gasteiger partial charge in [0, 0.05) is 43.8 Å². The van der Waals surface area contributed by atoms with Crippen LogP contribution in [0, 0.1) is 16.7 Å². The summed E-state index contributed by atoms with van der Waals surface area (Å²) in [6, 6.07) is 25.2. The summed E-state index contributed by atoms with van der Waals surface area (Å²) in [6.45, 7) is 4.74. The molecule has 0 spiro atoms. The van der Waals surface area contributed by atoms with Gasteiger partial charge in [0.05, 0.1) is 28.8 Å². The Kier molecular flexibility index (Phi) is 12.6. The number of rotatable bonds is 11. The summed E-state index contributed by atoms with van der Waals surface area (Å²) in [5.74, 6) is 0.688. The van der Waals surface area contributed by atoms with E-state index < -0.39 is 0 Å². The highest BCUT2D eigenvalue weighted by molar-refractivity contribution is 8.19. The predicted molar refractivity (Wildman–Crippen MR) is 172 cm³/mol. The number of thioether (sulfide) groups is 2. The molecule has 0 saturated carbocycles. The molecule has 1 aliphatic heterocycles. The highest BCUT2D eigenvalue weighted by atomic mass is 32.2. The summed E-state index contributed by atoms with van der Waals surface area (Å²) in [5.41, 5.74) is 3.79. The lowest BCUT2D eigenvalue weighted by Crippen LogP contribution is -2.27. The normalized spacial score (nSPS) is 13.4. The Morgan fingerprint density at radius 3 is 2.49 bits per heavy atom. The van der Waals surface area contributed by atoms with E-state index in [-0.39, 0.29) is 11.1 Å². The van der Waals surface area contributed by atoms with E-state index in [0.717, 1.165) is 40.7 Å². The lowest BCUT2D eigenvalue weighted by atomic mass is 10.2. The van der Waals surface area contributed by atoms with Crippen LogP contribution in [0.15, 0.2) is 88.0 Å². The summed E-state index contributed by atoms with van der Waals surface area (Å²) < 4.78 is 5.77. The highest BCUT2D eigenvalue weighted by Gasteiger charge is 2.32. The van der Waals surface area contributed by atoms with E-state index in [1.54, 1.807) is 12.1 Å². The van der Waals surface area contributed by atoms with Gasteiger partial charge in [0.1, 0.15) is 12.4 Å². The molecular weight excluding hydrogens is 553 g/mol. The lowest BCUT2D eigenvalue weighted by molar-refractivity contribution is -0.122. The summed E-state index contributed by atoms with van der Waals surface area (Å²) in [6.07, 6.45) is 0. The number of carbonyl (C=O) groups excluding carboxylic acids is 1. The highest BCUT2D eigenvalue weighted by Crippen LogP contribution is 2.38. The zero-order valence-corrected chi connectivity index (χ0v) is 25.4. The van der Waals surface area contributed by atoms with Crippen LogP contribution in [0.4, 0.5) is 11.4 Å². The molecule has 0 bridgehead atoms. The number of benzene rings is 3. The topological polar surface area (TPSA) is 104 Å². The number of nitrogens with zero attached hydrogens (tertiary/aromatic N) is 3. The molecule has 3 aromatic carbocycles. The van der Waals surface area contributed by atoms with Crippen molar-refractivity contribution < 1.29 is 9.53 Å². The third kappa shape index (κ3) is 9.60. The summed E-state index contributed by atoms with van der Waals surface area (Å²) >= 11 is 2.69. The molecule has 0 radical (unpaired) electrons. The number of nitrogens with one attached hydrogen (secondary N) is 3. The molecule has 0 aliphatic carbocycles. The fraction of sp³-hybridized carbons (Fsp3) is 0.258. The minimum Gasteiger partial charge on any atom is -0.492 e. The van der Waals surface area contributed by atoms with E-state index in [0.29, 0.717) is 23.6 Å². The molecule has 8 nitrogen and oxygen atoms in total. The zero-order valence-electron chi connectivity index (χ0n) is 23.8. The number of amidine groups is 1. The number of amides is 1. The van der Waals surface area contributed by atoms with Gasteiger partial charge in [0.25, 0.3) is 5.91 Å². The number of anilines is 2. The maximum Gasteiger partial charge on any atom is 0.267 e. The quantitative estimate of drug-likeness (QED) is 0.143. The second-order valence-electron chi connectivity index (χ2n) is 9.08. The first-order valence-electron chi connectivity index (χ1n) is 13.2. The van der Waals surface area contributed by atoms with Crippen LogP contribution >= 0.6 is 23.5 Å².